The van der Waals surface area contributed by atoms with Gasteiger partial charge in [0.1, 0.15) is 11.5 Å². The predicted octanol–water partition coefficient (Wildman–Crippen LogP) is 6.50. The zero-order valence-corrected chi connectivity index (χ0v) is 15.6. The zero-order chi connectivity index (χ0) is 17.8. The minimum absolute atomic E-state index is 0.876. The Labute approximate surface area is 150 Å². The SMILES string of the molecule is CCNc1cc(C)cc(Oc2cccc3c(CC)c(CC)ccc23)c1. The second-order valence-corrected chi connectivity index (χ2v) is 6.43. The Morgan fingerprint density at radius 1 is 0.880 bits per heavy atom. The molecule has 0 atom stereocenters. The lowest BCUT2D eigenvalue weighted by Gasteiger charge is -2.15. The third-order valence-corrected chi connectivity index (χ3v) is 4.62. The molecule has 0 bridgehead atoms. The molecule has 0 aliphatic carbocycles. The first-order chi connectivity index (χ1) is 12.2. The molecule has 0 aliphatic rings. The van der Waals surface area contributed by atoms with E-state index in [4.69, 9.17) is 4.74 Å². The third kappa shape index (κ3) is 3.63. The predicted molar refractivity (Wildman–Crippen MR) is 108 cm³/mol. The Balaban J connectivity index is 2.05. The second kappa shape index (κ2) is 7.60. The van der Waals surface area contributed by atoms with Crippen LogP contribution < -0.4 is 10.1 Å². The third-order valence-electron chi connectivity index (χ3n) is 4.62. The summed E-state index contributed by atoms with van der Waals surface area (Å²) in [7, 11) is 0. The van der Waals surface area contributed by atoms with Gasteiger partial charge in [0.2, 0.25) is 0 Å². The first-order valence-corrected chi connectivity index (χ1v) is 9.23. The summed E-state index contributed by atoms with van der Waals surface area (Å²) in [5.74, 6) is 1.80. The molecular formula is C23H27NO. The Kier molecular flexibility index (Phi) is 5.28. The molecule has 0 unspecified atom stereocenters. The highest BCUT2D eigenvalue weighted by molar-refractivity contribution is 5.92. The Morgan fingerprint density at radius 3 is 2.44 bits per heavy atom. The van der Waals surface area contributed by atoms with Crippen LogP contribution in [0.1, 0.15) is 37.5 Å². The number of fused-ring (bicyclic) bond motifs is 1. The van der Waals surface area contributed by atoms with Crippen LogP contribution in [0.15, 0.2) is 48.5 Å². The molecule has 25 heavy (non-hydrogen) atoms. The summed E-state index contributed by atoms with van der Waals surface area (Å²) in [5, 5.41) is 5.85. The van der Waals surface area contributed by atoms with E-state index < -0.39 is 0 Å². The fourth-order valence-corrected chi connectivity index (χ4v) is 3.51. The van der Waals surface area contributed by atoms with Crippen LogP contribution >= 0.6 is 0 Å². The van der Waals surface area contributed by atoms with Crippen molar-refractivity contribution in [2.75, 3.05) is 11.9 Å². The van der Waals surface area contributed by atoms with E-state index in [9.17, 15) is 0 Å². The van der Waals surface area contributed by atoms with Crippen LogP contribution in [0.4, 0.5) is 5.69 Å². The quantitative estimate of drug-likeness (QED) is 0.556. The largest absolute Gasteiger partial charge is 0.457 e. The summed E-state index contributed by atoms with van der Waals surface area (Å²) in [5.41, 5.74) is 5.15. The van der Waals surface area contributed by atoms with E-state index >= 15 is 0 Å². The van der Waals surface area contributed by atoms with E-state index in [1.54, 1.807) is 0 Å². The van der Waals surface area contributed by atoms with Crippen LogP contribution in [0.25, 0.3) is 10.8 Å². The van der Waals surface area contributed by atoms with Crippen LogP contribution in [0.5, 0.6) is 11.5 Å². The lowest BCUT2D eigenvalue weighted by molar-refractivity contribution is 0.488. The monoisotopic (exact) mass is 333 g/mol. The van der Waals surface area contributed by atoms with Crippen molar-refractivity contribution >= 4 is 16.5 Å². The second-order valence-electron chi connectivity index (χ2n) is 6.43. The molecule has 0 radical (unpaired) electrons. The van der Waals surface area contributed by atoms with Gasteiger partial charge in [0.05, 0.1) is 0 Å². The van der Waals surface area contributed by atoms with Crippen molar-refractivity contribution < 1.29 is 4.74 Å². The molecule has 0 fully saturated rings. The molecule has 0 aliphatic heterocycles. The number of aryl methyl sites for hydroxylation is 3. The van der Waals surface area contributed by atoms with Crippen LogP contribution in [-0.2, 0) is 12.8 Å². The van der Waals surface area contributed by atoms with Gasteiger partial charge in [-0.1, -0.05) is 38.1 Å². The van der Waals surface area contributed by atoms with Gasteiger partial charge in [-0.3, -0.25) is 0 Å². The molecule has 3 rings (SSSR count). The van der Waals surface area contributed by atoms with Gasteiger partial charge in [0, 0.05) is 23.7 Å². The van der Waals surface area contributed by atoms with Gasteiger partial charge < -0.3 is 10.1 Å². The number of rotatable bonds is 6. The van der Waals surface area contributed by atoms with Gasteiger partial charge >= 0.3 is 0 Å². The fourth-order valence-electron chi connectivity index (χ4n) is 3.51. The van der Waals surface area contributed by atoms with Crippen LogP contribution in [-0.4, -0.2) is 6.54 Å². The topological polar surface area (TPSA) is 21.3 Å². The van der Waals surface area contributed by atoms with Gasteiger partial charge in [-0.2, -0.15) is 0 Å². The maximum atomic E-state index is 6.29. The smallest absolute Gasteiger partial charge is 0.135 e. The molecule has 0 spiro atoms. The summed E-state index contributed by atoms with van der Waals surface area (Å²) in [4.78, 5) is 0. The fraction of sp³-hybridized carbons (Fsp3) is 0.304. The maximum Gasteiger partial charge on any atom is 0.135 e. The standard InChI is InChI=1S/C23H27NO/c1-5-17-11-12-22-21(20(17)6-2)9-8-10-23(22)25-19-14-16(4)13-18(15-19)24-7-3/h8-15,24H,5-7H2,1-4H3. The lowest BCUT2D eigenvalue weighted by Crippen LogP contribution is -1.98. The summed E-state index contributed by atoms with van der Waals surface area (Å²) < 4.78 is 6.29. The number of benzene rings is 3. The van der Waals surface area contributed by atoms with Gasteiger partial charge in [-0.25, -0.2) is 0 Å². The highest BCUT2D eigenvalue weighted by atomic mass is 16.5. The van der Waals surface area contributed by atoms with Crippen molar-refractivity contribution in [1.82, 2.24) is 0 Å². The molecular weight excluding hydrogens is 306 g/mol. The Bertz CT molecular complexity index is 883. The van der Waals surface area contributed by atoms with E-state index in [1.165, 1.54) is 27.5 Å². The minimum atomic E-state index is 0.876. The van der Waals surface area contributed by atoms with Crippen LogP contribution in [0.3, 0.4) is 0 Å². The minimum Gasteiger partial charge on any atom is -0.457 e. The van der Waals surface area contributed by atoms with E-state index in [1.807, 2.05) is 0 Å². The van der Waals surface area contributed by atoms with Crippen molar-refractivity contribution in [3.63, 3.8) is 0 Å². The number of nitrogens with one attached hydrogen (secondary N) is 1. The summed E-state index contributed by atoms with van der Waals surface area (Å²) in [6.07, 6.45) is 2.10. The van der Waals surface area contributed by atoms with E-state index in [-0.39, 0.29) is 0 Å². The van der Waals surface area contributed by atoms with Crippen molar-refractivity contribution in [3.8, 4) is 11.5 Å². The lowest BCUT2D eigenvalue weighted by atomic mass is 9.95. The van der Waals surface area contributed by atoms with Gasteiger partial charge in [0.15, 0.2) is 0 Å². The Morgan fingerprint density at radius 2 is 1.72 bits per heavy atom. The Hall–Kier alpha value is -2.48. The highest BCUT2D eigenvalue weighted by Gasteiger charge is 2.10. The average Bonchev–Trinajstić information content (AvgIpc) is 2.60. The molecule has 0 aromatic heterocycles. The average molecular weight is 333 g/mol. The summed E-state index contributed by atoms with van der Waals surface area (Å²) in [6, 6.07) is 17.1. The first kappa shape index (κ1) is 17.3. The van der Waals surface area contributed by atoms with Gasteiger partial charge in [-0.15, -0.1) is 0 Å². The van der Waals surface area contributed by atoms with Gasteiger partial charge in [-0.05, 0) is 67.0 Å². The number of hydrogen-bond acceptors (Lipinski definition) is 2. The van der Waals surface area contributed by atoms with Crippen molar-refractivity contribution in [1.29, 1.82) is 0 Å². The molecule has 0 heterocycles. The molecule has 0 saturated carbocycles. The molecule has 2 nitrogen and oxygen atoms in total. The number of hydrogen-bond donors (Lipinski definition) is 1. The van der Waals surface area contributed by atoms with E-state index in [0.717, 1.165) is 36.6 Å². The molecule has 3 aromatic carbocycles. The molecule has 0 saturated heterocycles. The van der Waals surface area contributed by atoms with Crippen molar-refractivity contribution in [3.05, 3.63) is 65.2 Å². The zero-order valence-electron chi connectivity index (χ0n) is 15.6. The van der Waals surface area contributed by atoms with E-state index in [2.05, 4.69) is 81.5 Å². The molecule has 130 valence electrons. The number of ether oxygens (including phenoxy) is 1. The van der Waals surface area contributed by atoms with Crippen LogP contribution in [0, 0.1) is 6.92 Å². The van der Waals surface area contributed by atoms with Crippen molar-refractivity contribution in [2.24, 2.45) is 0 Å². The van der Waals surface area contributed by atoms with Gasteiger partial charge in [0.25, 0.3) is 0 Å². The molecule has 1 N–H and O–H groups in total. The summed E-state index contributed by atoms with van der Waals surface area (Å²) in [6.45, 7) is 9.54. The highest BCUT2D eigenvalue weighted by Crippen LogP contribution is 2.34. The molecule has 0 amide bonds. The van der Waals surface area contributed by atoms with E-state index in [0.29, 0.717) is 0 Å². The normalized spacial score (nSPS) is 10.9. The molecule has 2 heteroatoms. The number of anilines is 1. The van der Waals surface area contributed by atoms with Crippen LogP contribution in [0.2, 0.25) is 0 Å². The summed E-state index contributed by atoms with van der Waals surface area (Å²) >= 11 is 0. The molecule has 3 aromatic rings. The van der Waals surface area contributed by atoms with Crippen molar-refractivity contribution in [2.45, 2.75) is 40.5 Å². The maximum absolute atomic E-state index is 6.29. The first-order valence-electron chi connectivity index (χ1n) is 9.23.